The van der Waals surface area contributed by atoms with Crippen molar-refractivity contribution in [3.05, 3.63) is 35.1 Å². The normalized spacial score (nSPS) is 23.1. The largest absolute Gasteiger partial charge is 0.348 e. The topological polar surface area (TPSA) is 52.9 Å². The zero-order valence-electron chi connectivity index (χ0n) is 12.0. The molecule has 1 amide bonds. The van der Waals surface area contributed by atoms with Crippen LogP contribution in [0.15, 0.2) is 18.2 Å². The van der Waals surface area contributed by atoms with Crippen molar-refractivity contribution in [3.8, 4) is 6.07 Å². The summed E-state index contributed by atoms with van der Waals surface area (Å²) in [6, 6.07) is 7.09. The summed E-state index contributed by atoms with van der Waals surface area (Å²) in [5, 5.41) is 12.5. The van der Waals surface area contributed by atoms with Gasteiger partial charge in [0.25, 0.3) is 0 Å². The van der Waals surface area contributed by atoms with Crippen molar-refractivity contribution >= 4 is 5.91 Å². The predicted molar refractivity (Wildman–Crippen MR) is 76.7 cm³/mol. The highest BCUT2D eigenvalue weighted by atomic mass is 19.1. The van der Waals surface area contributed by atoms with E-state index in [1.165, 1.54) is 6.07 Å². The Bertz CT molecular complexity index is 599. The van der Waals surface area contributed by atoms with Gasteiger partial charge < -0.3 is 5.32 Å². The van der Waals surface area contributed by atoms with Crippen LogP contribution in [-0.2, 0) is 11.2 Å². The van der Waals surface area contributed by atoms with Crippen LogP contribution in [0.2, 0.25) is 0 Å². The zero-order chi connectivity index (χ0) is 14.9. The maximum absolute atomic E-state index is 13.7. The van der Waals surface area contributed by atoms with Crippen LogP contribution in [0.1, 0.15) is 55.7 Å². The predicted octanol–water partition coefficient (Wildman–Crippen LogP) is 3.40. The van der Waals surface area contributed by atoms with Gasteiger partial charge >= 0.3 is 0 Å². The summed E-state index contributed by atoms with van der Waals surface area (Å²) in [5.74, 6) is -0.372. The van der Waals surface area contributed by atoms with Gasteiger partial charge in [-0.2, -0.15) is 5.26 Å². The van der Waals surface area contributed by atoms with E-state index in [1.54, 1.807) is 6.07 Å². The molecule has 1 atom stereocenters. The van der Waals surface area contributed by atoms with E-state index in [1.807, 2.05) is 6.07 Å². The molecule has 0 heterocycles. The molecule has 1 N–H and O–H groups in total. The zero-order valence-corrected chi connectivity index (χ0v) is 12.0. The molecule has 1 fully saturated rings. The molecule has 1 aromatic rings. The van der Waals surface area contributed by atoms with Crippen LogP contribution in [0.5, 0.6) is 0 Å². The van der Waals surface area contributed by atoms with E-state index < -0.39 is 5.41 Å². The van der Waals surface area contributed by atoms with E-state index in [4.69, 9.17) is 0 Å². The van der Waals surface area contributed by atoms with Gasteiger partial charge in [-0.05, 0) is 42.9 Å². The van der Waals surface area contributed by atoms with Gasteiger partial charge in [0, 0.05) is 0 Å². The van der Waals surface area contributed by atoms with E-state index in [9.17, 15) is 14.4 Å². The molecule has 2 aliphatic rings. The number of hydrogen-bond acceptors (Lipinski definition) is 2. The number of benzene rings is 1. The first-order valence-electron chi connectivity index (χ1n) is 7.66. The Morgan fingerprint density at radius 3 is 2.81 bits per heavy atom. The molecule has 0 radical (unpaired) electrons. The van der Waals surface area contributed by atoms with Crippen molar-refractivity contribution in [1.82, 2.24) is 5.32 Å². The minimum Gasteiger partial charge on any atom is -0.348 e. The summed E-state index contributed by atoms with van der Waals surface area (Å²) in [6.07, 6.45) is 5.58. The van der Waals surface area contributed by atoms with Gasteiger partial charge in [-0.1, -0.05) is 31.4 Å². The Kier molecular flexibility index (Phi) is 3.67. The van der Waals surface area contributed by atoms with Crippen LogP contribution >= 0.6 is 0 Å². The Morgan fingerprint density at radius 1 is 1.33 bits per heavy atom. The molecular weight excluding hydrogens is 267 g/mol. The molecule has 21 heavy (non-hydrogen) atoms. The fourth-order valence-corrected chi connectivity index (χ4v) is 3.60. The highest BCUT2D eigenvalue weighted by molar-refractivity contribution is 5.86. The molecule has 3 rings (SSSR count). The Hall–Kier alpha value is -1.89. The van der Waals surface area contributed by atoms with E-state index in [-0.39, 0.29) is 17.8 Å². The highest BCUT2D eigenvalue weighted by Gasteiger charge is 2.41. The third-order valence-electron chi connectivity index (χ3n) is 4.87. The molecule has 110 valence electrons. The van der Waals surface area contributed by atoms with Crippen molar-refractivity contribution in [3.63, 3.8) is 0 Å². The van der Waals surface area contributed by atoms with E-state index in [2.05, 4.69) is 11.4 Å². The van der Waals surface area contributed by atoms with Crippen molar-refractivity contribution in [1.29, 1.82) is 5.26 Å². The van der Waals surface area contributed by atoms with Crippen molar-refractivity contribution in [2.75, 3.05) is 0 Å². The summed E-state index contributed by atoms with van der Waals surface area (Å²) in [4.78, 5) is 12.6. The summed E-state index contributed by atoms with van der Waals surface area (Å²) in [5.41, 5.74) is 0.693. The molecular formula is C17H19FN2O. The van der Waals surface area contributed by atoms with Gasteiger partial charge in [-0.3, -0.25) is 4.79 Å². The second-order valence-electron chi connectivity index (χ2n) is 6.13. The summed E-state index contributed by atoms with van der Waals surface area (Å²) in [6.45, 7) is 0. The molecule has 1 aromatic carbocycles. The van der Waals surface area contributed by atoms with Gasteiger partial charge in [0.2, 0.25) is 5.91 Å². The van der Waals surface area contributed by atoms with Crippen molar-refractivity contribution in [2.45, 2.75) is 51.0 Å². The van der Waals surface area contributed by atoms with E-state index in [0.29, 0.717) is 31.2 Å². The molecule has 0 aromatic heterocycles. The Balaban J connectivity index is 1.78. The number of amides is 1. The number of nitrogens with zero attached hydrogens (tertiary/aromatic N) is 1. The SMILES string of the molecule is N#CC1(C(=O)NC2CCc3c(F)cccc32)CCCCC1. The number of nitrogens with one attached hydrogen (secondary N) is 1. The van der Waals surface area contributed by atoms with Crippen LogP contribution in [0, 0.1) is 22.6 Å². The van der Waals surface area contributed by atoms with Crippen LogP contribution < -0.4 is 5.32 Å². The van der Waals surface area contributed by atoms with Crippen LogP contribution in [0.25, 0.3) is 0 Å². The lowest BCUT2D eigenvalue weighted by Crippen LogP contribution is -2.42. The fraction of sp³-hybridized carbons (Fsp3) is 0.529. The fourth-order valence-electron chi connectivity index (χ4n) is 3.60. The average molecular weight is 286 g/mol. The molecule has 2 aliphatic carbocycles. The number of nitriles is 1. The molecule has 0 aliphatic heterocycles. The number of carbonyl (C=O) groups excluding carboxylic acids is 1. The minimum absolute atomic E-state index is 0.157. The van der Waals surface area contributed by atoms with Gasteiger partial charge in [0.15, 0.2) is 0 Å². The number of carbonyl (C=O) groups is 1. The molecule has 1 saturated carbocycles. The van der Waals surface area contributed by atoms with Crippen LogP contribution in [0.4, 0.5) is 4.39 Å². The standard InChI is InChI=1S/C17H19FN2O/c18-14-6-4-5-13-12(14)7-8-15(13)20-16(21)17(11-19)9-2-1-3-10-17/h4-6,15H,1-3,7-10H2,(H,20,21). The van der Waals surface area contributed by atoms with Crippen LogP contribution in [-0.4, -0.2) is 5.91 Å². The number of hydrogen-bond donors (Lipinski definition) is 1. The van der Waals surface area contributed by atoms with Crippen LogP contribution in [0.3, 0.4) is 0 Å². The first-order chi connectivity index (χ1) is 10.2. The Morgan fingerprint density at radius 2 is 2.10 bits per heavy atom. The van der Waals surface area contributed by atoms with Gasteiger partial charge in [0.1, 0.15) is 11.2 Å². The van der Waals surface area contributed by atoms with Gasteiger partial charge in [0.05, 0.1) is 12.1 Å². The first-order valence-corrected chi connectivity index (χ1v) is 7.66. The number of fused-ring (bicyclic) bond motifs is 1. The summed E-state index contributed by atoms with van der Waals surface area (Å²) < 4.78 is 13.7. The molecule has 4 heteroatoms. The molecule has 1 unspecified atom stereocenters. The maximum atomic E-state index is 13.7. The van der Waals surface area contributed by atoms with Crippen molar-refractivity contribution in [2.24, 2.45) is 5.41 Å². The van der Waals surface area contributed by atoms with E-state index >= 15 is 0 Å². The molecule has 0 bridgehead atoms. The lowest BCUT2D eigenvalue weighted by Gasteiger charge is -2.30. The lowest BCUT2D eigenvalue weighted by atomic mass is 9.74. The monoisotopic (exact) mass is 286 g/mol. The quantitative estimate of drug-likeness (QED) is 0.906. The van der Waals surface area contributed by atoms with Gasteiger partial charge in [-0.25, -0.2) is 4.39 Å². The minimum atomic E-state index is -0.881. The molecule has 0 saturated heterocycles. The summed E-state index contributed by atoms with van der Waals surface area (Å²) >= 11 is 0. The molecule has 0 spiro atoms. The molecule has 3 nitrogen and oxygen atoms in total. The highest BCUT2D eigenvalue weighted by Crippen LogP contribution is 2.38. The third kappa shape index (κ3) is 2.42. The average Bonchev–Trinajstić information content (AvgIpc) is 2.92. The second kappa shape index (κ2) is 5.48. The Labute approximate surface area is 124 Å². The van der Waals surface area contributed by atoms with E-state index in [0.717, 1.165) is 24.8 Å². The lowest BCUT2D eigenvalue weighted by molar-refractivity contribution is -0.130. The second-order valence-corrected chi connectivity index (χ2v) is 6.13. The third-order valence-corrected chi connectivity index (χ3v) is 4.87. The van der Waals surface area contributed by atoms with Gasteiger partial charge in [-0.15, -0.1) is 0 Å². The smallest absolute Gasteiger partial charge is 0.240 e. The first kappa shape index (κ1) is 14.1. The van der Waals surface area contributed by atoms with Crippen molar-refractivity contribution < 1.29 is 9.18 Å². The number of rotatable bonds is 2. The maximum Gasteiger partial charge on any atom is 0.240 e. The summed E-state index contributed by atoms with van der Waals surface area (Å²) in [7, 11) is 0. The number of halogens is 1.